The SMILES string of the molecule is CC[C@H]1C[C@@]1(OS(=O)(=O)c1ccc(C)cc1)C1=CCCCC1. The van der Waals surface area contributed by atoms with Crippen molar-refractivity contribution in [3.63, 3.8) is 0 Å². The van der Waals surface area contributed by atoms with Gasteiger partial charge in [-0.25, -0.2) is 0 Å². The Bertz CT molecular complexity index is 673. The Balaban J connectivity index is 1.88. The first-order valence-electron chi connectivity index (χ1n) is 8.20. The van der Waals surface area contributed by atoms with Crippen molar-refractivity contribution in [3.05, 3.63) is 41.5 Å². The first kappa shape index (κ1) is 15.8. The molecule has 120 valence electrons. The largest absolute Gasteiger partial charge is 0.297 e. The van der Waals surface area contributed by atoms with E-state index in [4.69, 9.17) is 4.18 Å². The predicted octanol–water partition coefficient (Wildman–Crippen LogP) is 4.37. The minimum atomic E-state index is -3.71. The average Bonchev–Trinajstić information content (AvgIpc) is 3.22. The van der Waals surface area contributed by atoms with Gasteiger partial charge in [0.2, 0.25) is 0 Å². The van der Waals surface area contributed by atoms with Crippen LogP contribution in [0.3, 0.4) is 0 Å². The maximum absolute atomic E-state index is 12.7. The van der Waals surface area contributed by atoms with Gasteiger partial charge in [-0.05, 0) is 62.7 Å². The molecule has 2 aliphatic carbocycles. The second-order valence-electron chi connectivity index (χ2n) is 6.52. The minimum absolute atomic E-state index is 0.260. The summed E-state index contributed by atoms with van der Waals surface area (Å²) in [6.07, 6.45) is 8.35. The van der Waals surface area contributed by atoms with Crippen LogP contribution in [0.15, 0.2) is 40.8 Å². The molecule has 0 heterocycles. The molecule has 0 aromatic heterocycles. The van der Waals surface area contributed by atoms with Crippen molar-refractivity contribution >= 4 is 10.1 Å². The van der Waals surface area contributed by atoms with Gasteiger partial charge in [-0.15, -0.1) is 0 Å². The topological polar surface area (TPSA) is 43.4 Å². The maximum Gasteiger partial charge on any atom is 0.297 e. The van der Waals surface area contributed by atoms with Crippen LogP contribution in [0.5, 0.6) is 0 Å². The van der Waals surface area contributed by atoms with E-state index in [1.54, 1.807) is 12.1 Å². The second-order valence-corrected chi connectivity index (χ2v) is 8.07. The van der Waals surface area contributed by atoms with Gasteiger partial charge < -0.3 is 0 Å². The summed E-state index contributed by atoms with van der Waals surface area (Å²) in [5.41, 5.74) is 1.70. The molecule has 1 aromatic rings. The van der Waals surface area contributed by atoms with E-state index in [9.17, 15) is 8.42 Å². The number of rotatable bonds is 5. The molecule has 1 aromatic carbocycles. The molecule has 0 bridgehead atoms. The van der Waals surface area contributed by atoms with Crippen molar-refractivity contribution in [1.82, 2.24) is 0 Å². The van der Waals surface area contributed by atoms with Crippen LogP contribution in [0.2, 0.25) is 0 Å². The van der Waals surface area contributed by atoms with E-state index in [0.717, 1.165) is 37.7 Å². The number of allylic oxidation sites excluding steroid dienone is 1. The summed E-state index contributed by atoms with van der Waals surface area (Å²) in [5, 5.41) is 0. The van der Waals surface area contributed by atoms with Crippen LogP contribution in [-0.4, -0.2) is 14.0 Å². The number of aryl methyl sites for hydroxylation is 1. The number of hydrogen-bond acceptors (Lipinski definition) is 3. The van der Waals surface area contributed by atoms with Gasteiger partial charge in [0.05, 0.1) is 4.90 Å². The normalized spacial score (nSPS) is 28.3. The number of hydrogen-bond donors (Lipinski definition) is 0. The molecule has 3 rings (SSSR count). The molecule has 3 nitrogen and oxygen atoms in total. The molecule has 2 atom stereocenters. The van der Waals surface area contributed by atoms with Crippen LogP contribution in [0.25, 0.3) is 0 Å². The van der Waals surface area contributed by atoms with Gasteiger partial charge in [-0.1, -0.05) is 37.1 Å². The molecule has 4 heteroatoms. The van der Waals surface area contributed by atoms with Crippen molar-refractivity contribution < 1.29 is 12.6 Å². The zero-order chi connectivity index (χ0) is 15.8. The van der Waals surface area contributed by atoms with Crippen LogP contribution in [0.1, 0.15) is 51.0 Å². The van der Waals surface area contributed by atoms with E-state index >= 15 is 0 Å². The Labute approximate surface area is 133 Å². The summed E-state index contributed by atoms with van der Waals surface area (Å²) >= 11 is 0. The summed E-state index contributed by atoms with van der Waals surface area (Å²) < 4.78 is 31.1. The summed E-state index contributed by atoms with van der Waals surface area (Å²) in [6.45, 7) is 4.05. The van der Waals surface area contributed by atoms with Crippen LogP contribution < -0.4 is 0 Å². The zero-order valence-electron chi connectivity index (χ0n) is 13.3. The average molecular weight is 320 g/mol. The van der Waals surface area contributed by atoms with Crippen LogP contribution in [0, 0.1) is 12.8 Å². The quantitative estimate of drug-likeness (QED) is 0.597. The van der Waals surface area contributed by atoms with Crippen molar-refractivity contribution in [2.24, 2.45) is 5.92 Å². The second kappa shape index (κ2) is 5.82. The minimum Gasteiger partial charge on any atom is -0.255 e. The highest BCUT2D eigenvalue weighted by atomic mass is 32.2. The van der Waals surface area contributed by atoms with Crippen molar-refractivity contribution in [2.75, 3.05) is 0 Å². The van der Waals surface area contributed by atoms with Crippen molar-refractivity contribution in [1.29, 1.82) is 0 Å². The summed E-state index contributed by atoms with van der Waals surface area (Å²) in [7, 11) is -3.71. The molecule has 1 fully saturated rings. The molecule has 0 aliphatic heterocycles. The fraction of sp³-hybridized carbons (Fsp3) is 0.556. The van der Waals surface area contributed by atoms with E-state index in [1.807, 2.05) is 19.1 Å². The molecule has 1 saturated carbocycles. The monoisotopic (exact) mass is 320 g/mol. The van der Waals surface area contributed by atoms with Gasteiger partial charge in [-0.2, -0.15) is 8.42 Å². The molecule has 0 amide bonds. The molecule has 0 radical (unpaired) electrons. The molecule has 0 saturated heterocycles. The van der Waals surface area contributed by atoms with Gasteiger partial charge in [0.15, 0.2) is 0 Å². The van der Waals surface area contributed by atoms with Crippen LogP contribution in [0.4, 0.5) is 0 Å². The van der Waals surface area contributed by atoms with Crippen molar-refractivity contribution in [3.8, 4) is 0 Å². The first-order chi connectivity index (χ1) is 10.5. The Kier molecular flexibility index (Phi) is 4.17. The Hall–Kier alpha value is -1.13. The van der Waals surface area contributed by atoms with Crippen LogP contribution >= 0.6 is 0 Å². The Morgan fingerprint density at radius 3 is 2.50 bits per heavy atom. The Morgan fingerprint density at radius 2 is 1.95 bits per heavy atom. The van der Waals surface area contributed by atoms with Gasteiger partial charge in [0.1, 0.15) is 5.60 Å². The molecule has 0 N–H and O–H groups in total. The molecule has 0 spiro atoms. The lowest BCUT2D eigenvalue weighted by molar-refractivity contribution is 0.197. The van der Waals surface area contributed by atoms with Gasteiger partial charge in [0, 0.05) is 0 Å². The molecular weight excluding hydrogens is 296 g/mol. The summed E-state index contributed by atoms with van der Waals surface area (Å²) in [5.74, 6) is 0.331. The molecular formula is C18H24O3S. The standard InChI is InChI=1S/C18H24O3S/c1-3-15-13-18(15,16-7-5-4-6-8-16)21-22(19,20)17-11-9-14(2)10-12-17/h7,9-12,15H,3-6,8,13H2,1-2H3/t15-,18-/m0/s1. The summed E-state index contributed by atoms with van der Waals surface area (Å²) in [4.78, 5) is 0.260. The van der Waals surface area contributed by atoms with Gasteiger partial charge in [-0.3, -0.25) is 4.18 Å². The molecule has 2 aliphatic rings. The van der Waals surface area contributed by atoms with E-state index in [1.165, 1.54) is 12.0 Å². The van der Waals surface area contributed by atoms with E-state index in [2.05, 4.69) is 13.0 Å². The maximum atomic E-state index is 12.7. The molecule has 0 unspecified atom stereocenters. The first-order valence-corrected chi connectivity index (χ1v) is 9.60. The van der Waals surface area contributed by atoms with Crippen molar-refractivity contribution in [2.45, 2.75) is 62.9 Å². The lowest BCUT2D eigenvalue weighted by Gasteiger charge is -2.24. The highest BCUT2D eigenvalue weighted by Crippen LogP contribution is 2.57. The summed E-state index contributed by atoms with van der Waals surface area (Å²) in [6, 6.07) is 6.90. The molecule has 22 heavy (non-hydrogen) atoms. The van der Waals surface area contributed by atoms with Gasteiger partial charge in [0.25, 0.3) is 10.1 Å². The third-order valence-electron chi connectivity index (χ3n) is 4.94. The fourth-order valence-corrected chi connectivity index (χ4v) is 4.77. The highest BCUT2D eigenvalue weighted by molar-refractivity contribution is 7.86. The van der Waals surface area contributed by atoms with Gasteiger partial charge >= 0.3 is 0 Å². The highest BCUT2D eigenvalue weighted by Gasteiger charge is 2.59. The Morgan fingerprint density at radius 1 is 1.23 bits per heavy atom. The zero-order valence-corrected chi connectivity index (χ0v) is 14.2. The van der Waals surface area contributed by atoms with E-state index < -0.39 is 15.7 Å². The van der Waals surface area contributed by atoms with E-state index in [-0.39, 0.29) is 4.90 Å². The van der Waals surface area contributed by atoms with Crippen LogP contribution in [-0.2, 0) is 14.3 Å². The fourth-order valence-electron chi connectivity index (χ4n) is 3.50. The predicted molar refractivity (Wildman–Crippen MR) is 87.1 cm³/mol. The lowest BCUT2D eigenvalue weighted by Crippen LogP contribution is -2.26. The van der Waals surface area contributed by atoms with E-state index in [0.29, 0.717) is 5.92 Å². The lowest BCUT2D eigenvalue weighted by atomic mass is 9.92. The third kappa shape index (κ3) is 2.86. The third-order valence-corrected chi connectivity index (χ3v) is 6.31. The smallest absolute Gasteiger partial charge is 0.255 e. The number of benzene rings is 1.